The first-order valence-corrected chi connectivity index (χ1v) is 11.7. The van der Waals surface area contributed by atoms with Crippen molar-refractivity contribution in [2.45, 2.75) is 18.7 Å². The van der Waals surface area contributed by atoms with Gasteiger partial charge >= 0.3 is 5.97 Å². The van der Waals surface area contributed by atoms with E-state index >= 15 is 0 Å². The third-order valence-corrected chi connectivity index (χ3v) is 7.50. The van der Waals surface area contributed by atoms with Gasteiger partial charge in [0.2, 0.25) is 10.0 Å². The first-order valence-electron chi connectivity index (χ1n) is 10.2. The molecule has 1 saturated heterocycles. The number of nitrogens with zero attached hydrogens (tertiary/aromatic N) is 5. The number of sulfonamides is 1. The van der Waals surface area contributed by atoms with Gasteiger partial charge in [0.15, 0.2) is 5.82 Å². The SMILES string of the molecule is COC(=O)c1ccc(S(=O)(=O)N2CCN(c3c(C)nn(-c4ccccn4)c3C)CC2)cc1. The molecule has 4 rings (SSSR count). The molecule has 0 radical (unpaired) electrons. The largest absolute Gasteiger partial charge is 0.465 e. The Morgan fingerprint density at radius 2 is 1.69 bits per heavy atom. The van der Waals surface area contributed by atoms with Crippen LogP contribution in [0.25, 0.3) is 5.82 Å². The van der Waals surface area contributed by atoms with Crippen LogP contribution in [0.2, 0.25) is 0 Å². The van der Waals surface area contributed by atoms with Crippen LogP contribution in [-0.2, 0) is 14.8 Å². The molecule has 1 aromatic carbocycles. The molecule has 0 spiro atoms. The van der Waals surface area contributed by atoms with E-state index in [-0.39, 0.29) is 4.90 Å². The van der Waals surface area contributed by atoms with Crippen LogP contribution in [0.4, 0.5) is 5.69 Å². The fourth-order valence-electron chi connectivity index (χ4n) is 3.98. The molecule has 0 amide bonds. The van der Waals surface area contributed by atoms with Crippen molar-refractivity contribution < 1.29 is 17.9 Å². The Kier molecular flexibility index (Phi) is 5.98. The quantitative estimate of drug-likeness (QED) is 0.544. The predicted octanol–water partition coefficient (Wildman–Crippen LogP) is 2.18. The van der Waals surface area contributed by atoms with Crippen molar-refractivity contribution in [3.63, 3.8) is 0 Å². The van der Waals surface area contributed by atoms with Gasteiger partial charge in [-0.2, -0.15) is 9.40 Å². The van der Waals surface area contributed by atoms with Crippen molar-refractivity contribution in [3.05, 3.63) is 65.6 Å². The highest BCUT2D eigenvalue weighted by Crippen LogP contribution is 2.28. The topological polar surface area (TPSA) is 97.6 Å². The maximum Gasteiger partial charge on any atom is 0.337 e. The Hall–Kier alpha value is -3.24. The molecule has 0 N–H and O–H groups in total. The van der Waals surface area contributed by atoms with Crippen LogP contribution in [0, 0.1) is 13.8 Å². The molecule has 0 bridgehead atoms. The molecule has 0 atom stereocenters. The summed E-state index contributed by atoms with van der Waals surface area (Å²) >= 11 is 0. The monoisotopic (exact) mass is 455 g/mol. The Labute approximate surface area is 187 Å². The summed E-state index contributed by atoms with van der Waals surface area (Å²) in [6, 6.07) is 11.5. The number of carbonyl (C=O) groups excluding carboxylic acids is 1. The summed E-state index contributed by atoms with van der Waals surface area (Å²) in [5.74, 6) is 0.246. The number of esters is 1. The van der Waals surface area contributed by atoms with E-state index in [0.717, 1.165) is 22.9 Å². The number of rotatable bonds is 5. The van der Waals surface area contributed by atoms with Crippen molar-refractivity contribution >= 4 is 21.7 Å². The number of hydrogen-bond acceptors (Lipinski definition) is 7. The molecule has 2 aromatic heterocycles. The van der Waals surface area contributed by atoms with Gasteiger partial charge in [0.05, 0.1) is 34.6 Å². The second-order valence-corrected chi connectivity index (χ2v) is 9.46. The van der Waals surface area contributed by atoms with Gasteiger partial charge in [0.25, 0.3) is 0 Å². The third kappa shape index (κ3) is 3.98. The lowest BCUT2D eigenvalue weighted by atomic mass is 10.2. The number of hydrogen-bond donors (Lipinski definition) is 0. The van der Waals surface area contributed by atoms with Gasteiger partial charge < -0.3 is 9.64 Å². The van der Waals surface area contributed by atoms with Crippen molar-refractivity contribution in [2.75, 3.05) is 38.2 Å². The van der Waals surface area contributed by atoms with Crippen LogP contribution < -0.4 is 4.90 Å². The maximum atomic E-state index is 13.1. The fourth-order valence-corrected chi connectivity index (χ4v) is 5.40. The van der Waals surface area contributed by atoms with Crippen LogP contribution in [0.5, 0.6) is 0 Å². The molecule has 1 fully saturated rings. The van der Waals surface area contributed by atoms with Crippen LogP contribution in [-0.4, -0.2) is 66.7 Å². The molecular formula is C22H25N5O4S. The van der Waals surface area contributed by atoms with E-state index in [1.165, 1.54) is 35.7 Å². The van der Waals surface area contributed by atoms with E-state index in [1.807, 2.05) is 36.7 Å². The number of carbonyl (C=O) groups is 1. The lowest BCUT2D eigenvalue weighted by Gasteiger charge is -2.35. The van der Waals surface area contributed by atoms with Gasteiger partial charge in [-0.1, -0.05) is 6.07 Å². The summed E-state index contributed by atoms with van der Waals surface area (Å²) < 4.78 is 34.1. The van der Waals surface area contributed by atoms with Crippen LogP contribution >= 0.6 is 0 Å². The molecule has 3 heterocycles. The highest BCUT2D eigenvalue weighted by molar-refractivity contribution is 7.89. The Morgan fingerprint density at radius 3 is 2.28 bits per heavy atom. The Balaban J connectivity index is 1.50. The minimum Gasteiger partial charge on any atom is -0.465 e. The molecule has 1 aliphatic rings. The molecule has 0 saturated carbocycles. The summed E-state index contributed by atoms with van der Waals surface area (Å²) in [5.41, 5.74) is 3.17. The van der Waals surface area contributed by atoms with Crippen LogP contribution in [0.3, 0.4) is 0 Å². The third-order valence-electron chi connectivity index (χ3n) is 5.59. The number of methoxy groups -OCH3 is 1. The van der Waals surface area contributed by atoms with Crippen LogP contribution in [0.15, 0.2) is 53.6 Å². The predicted molar refractivity (Wildman–Crippen MR) is 120 cm³/mol. The van der Waals surface area contributed by atoms with E-state index in [0.29, 0.717) is 31.7 Å². The highest BCUT2D eigenvalue weighted by atomic mass is 32.2. The molecular weight excluding hydrogens is 430 g/mol. The number of aromatic nitrogens is 3. The zero-order valence-electron chi connectivity index (χ0n) is 18.2. The number of piperazine rings is 1. The number of aryl methyl sites for hydroxylation is 1. The van der Waals surface area contributed by atoms with Gasteiger partial charge in [-0.3, -0.25) is 0 Å². The van der Waals surface area contributed by atoms with E-state index in [1.54, 1.807) is 6.20 Å². The zero-order valence-corrected chi connectivity index (χ0v) is 19.0. The van der Waals surface area contributed by atoms with Gasteiger partial charge in [-0.25, -0.2) is 22.9 Å². The molecule has 9 nitrogen and oxygen atoms in total. The highest BCUT2D eigenvalue weighted by Gasteiger charge is 2.30. The van der Waals surface area contributed by atoms with E-state index in [9.17, 15) is 13.2 Å². The maximum absolute atomic E-state index is 13.1. The minimum absolute atomic E-state index is 0.161. The average Bonchev–Trinajstić information content (AvgIpc) is 3.13. The smallest absolute Gasteiger partial charge is 0.337 e. The second kappa shape index (κ2) is 8.71. The lowest BCUT2D eigenvalue weighted by Crippen LogP contribution is -2.49. The van der Waals surface area contributed by atoms with Crippen molar-refractivity contribution in [1.29, 1.82) is 0 Å². The van der Waals surface area contributed by atoms with Gasteiger partial charge in [-0.05, 0) is 50.2 Å². The fraction of sp³-hybridized carbons (Fsp3) is 0.318. The molecule has 1 aliphatic heterocycles. The molecule has 0 aliphatic carbocycles. The standard InChI is InChI=1S/C22H25N5O4S/c1-16-21(17(2)27(24-16)20-6-4-5-11-23-20)25-12-14-26(15-13-25)32(29,30)19-9-7-18(8-10-19)22(28)31-3/h4-11H,12-15H2,1-3H3. The summed E-state index contributed by atoms with van der Waals surface area (Å²) in [6.45, 7) is 5.76. The summed E-state index contributed by atoms with van der Waals surface area (Å²) in [4.78, 5) is 18.3. The molecule has 3 aromatic rings. The average molecular weight is 456 g/mol. The van der Waals surface area contributed by atoms with Crippen LogP contribution in [0.1, 0.15) is 21.7 Å². The van der Waals surface area contributed by atoms with Crippen molar-refractivity contribution in [3.8, 4) is 5.82 Å². The lowest BCUT2D eigenvalue weighted by molar-refractivity contribution is 0.0600. The van der Waals surface area contributed by atoms with E-state index in [2.05, 4.69) is 19.7 Å². The normalized spacial score (nSPS) is 15.0. The molecule has 168 valence electrons. The van der Waals surface area contributed by atoms with Gasteiger partial charge in [-0.15, -0.1) is 0 Å². The van der Waals surface area contributed by atoms with Gasteiger partial charge in [0.1, 0.15) is 0 Å². The number of ether oxygens (including phenoxy) is 1. The minimum atomic E-state index is -3.65. The summed E-state index contributed by atoms with van der Waals surface area (Å²) in [5, 5.41) is 4.64. The second-order valence-electron chi connectivity index (χ2n) is 7.53. The van der Waals surface area contributed by atoms with Crippen molar-refractivity contribution in [1.82, 2.24) is 19.1 Å². The zero-order chi connectivity index (χ0) is 22.9. The molecule has 0 unspecified atom stereocenters. The Bertz CT molecular complexity index is 1220. The summed E-state index contributed by atoms with van der Waals surface area (Å²) in [6.07, 6.45) is 1.73. The molecule has 10 heteroatoms. The van der Waals surface area contributed by atoms with Gasteiger partial charge in [0, 0.05) is 32.4 Å². The van der Waals surface area contributed by atoms with E-state index < -0.39 is 16.0 Å². The Morgan fingerprint density at radius 1 is 1.00 bits per heavy atom. The first-order chi connectivity index (χ1) is 15.3. The number of benzene rings is 1. The van der Waals surface area contributed by atoms with Crippen molar-refractivity contribution in [2.24, 2.45) is 0 Å². The number of anilines is 1. The molecule has 32 heavy (non-hydrogen) atoms. The summed E-state index contributed by atoms with van der Waals surface area (Å²) in [7, 11) is -2.36. The van der Waals surface area contributed by atoms with E-state index in [4.69, 9.17) is 0 Å². The number of pyridine rings is 1. The first kappa shape index (κ1) is 22.0.